The lowest BCUT2D eigenvalue weighted by atomic mass is 9.78. The third-order valence-corrected chi connectivity index (χ3v) is 4.69. The molecule has 0 spiro atoms. The van der Waals surface area contributed by atoms with Crippen molar-refractivity contribution >= 4 is 11.6 Å². The van der Waals surface area contributed by atoms with Crippen molar-refractivity contribution in [3.63, 3.8) is 0 Å². The minimum Gasteiger partial charge on any atom is -0.329 e. The Bertz CT molecular complexity index is 490. The highest BCUT2D eigenvalue weighted by Crippen LogP contribution is 2.31. The molecule has 0 aromatic heterocycles. The van der Waals surface area contributed by atoms with E-state index in [9.17, 15) is 4.79 Å². The Balaban J connectivity index is 2.14. The highest BCUT2D eigenvalue weighted by Gasteiger charge is 2.35. The summed E-state index contributed by atoms with van der Waals surface area (Å²) in [5.74, 6) is 0.0895. The molecule has 0 radical (unpaired) electrons. The SMILES string of the molecule is CCCC(CN)(CCC)C(=O)Nc1ccc2c(c1)CCC2. The van der Waals surface area contributed by atoms with Gasteiger partial charge >= 0.3 is 0 Å². The minimum atomic E-state index is -0.414. The largest absolute Gasteiger partial charge is 0.329 e. The van der Waals surface area contributed by atoms with Crippen LogP contribution in [0, 0.1) is 5.41 Å². The summed E-state index contributed by atoms with van der Waals surface area (Å²) in [7, 11) is 0. The van der Waals surface area contributed by atoms with Gasteiger partial charge in [0.2, 0.25) is 5.91 Å². The summed E-state index contributed by atoms with van der Waals surface area (Å²) in [5.41, 5.74) is 9.29. The van der Waals surface area contributed by atoms with E-state index in [0.717, 1.165) is 37.8 Å². The number of anilines is 1. The molecule has 0 saturated carbocycles. The Hall–Kier alpha value is -1.35. The number of rotatable bonds is 7. The van der Waals surface area contributed by atoms with Gasteiger partial charge in [0.1, 0.15) is 0 Å². The van der Waals surface area contributed by atoms with Crippen molar-refractivity contribution in [1.82, 2.24) is 0 Å². The molecule has 0 bridgehead atoms. The van der Waals surface area contributed by atoms with Gasteiger partial charge in [0.05, 0.1) is 5.41 Å². The lowest BCUT2D eigenvalue weighted by Crippen LogP contribution is -2.42. The van der Waals surface area contributed by atoms with E-state index in [4.69, 9.17) is 5.73 Å². The molecule has 0 heterocycles. The Morgan fingerprint density at radius 3 is 2.48 bits per heavy atom. The number of benzene rings is 1. The fourth-order valence-electron chi connectivity index (χ4n) is 3.52. The molecule has 3 N–H and O–H groups in total. The first-order valence-corrected chi connectivity index (χ1v) is 8.28. The quantitative estimate of drug-likeness (QED) is 0.804. The number of fused-ring (bicyclic) bond motifs is 1. The standard InChI is InChI=1S/C18H28N2O/c1-3-10-18(13-19,11-4-2)17(21)20-16-9-8-14-6-5-7-15(14)12-16/h8-9,12H,3-7,10-11,13,19H2,1-2H3,(H,20,21). The van der Waals surface area contributed by atoms with Crippen molar-refractivity contribution in [3.8, 4) is 0 Å². The van der Waals surface area contributed by atoms with Gasteiger partial charge in [-0.1, -0.05) is 32.8 Å². The number of aryl methyl sites for hydroxylation is 2. The van der Waals surface area contributed by atoms with Crippen LogP contribution in [0.15, 0.2) is 18.2 Å². The maximum Gasteiger partial charge on any atom is 0.231 e. The second-order valence-electron chi connectivity index (χ2n) is 6.28. The van der Waals surface area contributed by atoms with Gasteiger partial charge in [-0.3, -0.25) is 4.79 Å². The van der Waals surface area contributed by atoms with E-state index < -0.39 is 5.41 Å². The van der Waals surface area contributed by atoms with Gasteiger partial charge in [-0.15, -0.1) is 0 Å². The molecule has 1 aromatic rings. The zero-order valence-electron chi connectivity index (χ0n) is 13.4. The molecule has 1 aliphatic carbocycles. The summed E-state index contributed by atoms with van der Waals surface area (Å²) in [6.07, 6.45) is 7.20. The number of nitrogens with two attached hydrogens (primary N) is 1. The molecule has 1 aliphatic rings. The minimum absolute atomic E-state index is 0.0895. The highest BCUT2D eigenvalue weighted by molar-refractivity contribution is 5.95. The smallest absolute Gasteiger partial charge is 0.231 e. The van der Waals surface area contributed by atoms with Crippen molar-refractivity contribution in [3.05, 3.63) is 29.3 Å². The molecule has 116 valence electrons. The number of carbonyl (C=O) groups excluding carboxylic acids is 1. The molecule has 0 fully saturated rings. The normalized spacial score (nSPS) is 14.0. The summed E-state index contributed by atoms with van der Waals surface area (Å²) in [4.78, 5) is 12.8. The number of amides is 1. The van der Waals surface area contributed by atoms with Crippen molar-refractivity contribution in [2.75, 3.05) is 11.9 Å². The molecule has 2 rings (SSSR count). The van der Waals surface area contributed by atoms with Crippen LogP contribution >= 0.6 is 0 Å². The van der Waals surface area contributed by atoms with Crippen LogP contribution in [0.5, 0.6) is 0 Å². The predicted molar refractivity (Wildman–Crippen MR) is 88.4 cm³/mol. The Morgan fingerprint density at radius 2 is 1.86 bits per heavy atom. The maximum atomic E-state index is 12.8. The van der Waals surface area contributed by atoms with Crippen LogP contribution in [0.4, 0.5) is 5.69 Å². The average Bonchev–Trinajstić information content (AvgIpc) is 2.94. The summed E-state index contributed by atoms with van der Waals surface area (Å²) in [6, 6.07) is 6.32. The Labute approximate surface area is 128 Å². The van der Waals surface area contributed by atoms with Crippen LogP contribution < -0.4 is 11.1 Å². The van der Waals surface area contributed by atoms with Gasteiger partial charge in [-0.05, 0) is 55.4 Å². The van der Waals surface area contributed by atoms with Crippen molar-refractivity contribution in [1.29, 1.82) is 0 Å². The number of nitrogens with one attached hydrogen (secondary N) is 1. The van der Waals surface area contributed by atoms with E-state index in [1.807, 2.05) is 6.07 Å². The monoisotopic (exact) mass is 288 g/mol. The van der Waals surface area contributed by atoms with E-state index in [1.165, 1.54) is 24.0 Å². The first-order chi connectivity index (χ1) is 10.1. The van der Waals surface area contributed by atoms with Crippen molar-refractivity contribution in [2.24, 2.45) is 11.1 Å². The average molecular weight is 288 g/mol. The van der Waals surface area contributed by atoms with Crippen LogP contribution in [0.2, 0.25) is 0 Å². The van der Waals surface area contributed by atoms with Crippen molar-refractivity contribution in [2.45, 2.75) is 58.8 Å². The van der Waals surface area contributed by atoms with E-state index in [0.29, 0.717) is 6.54 Å². The van der Waals surface area contributed by atoms with Crippen LogP contribution in [0.3, 0.4) is 0 Å². The first-order valence-electron chi connectivity index (χ1n) is 8.28. The van der Waals surface area contributed by atoms with Gasteiger partial charge < -0.3 is 11.1 Å². The number of hydrogen-bond donors (Lipinski definition) is 2. The number of carbonyl (C=O) groups is 1. The molecule has 0 saturated heterocycles. The molecule has 0 unspecified atom stereocenters. The maximum absolute atomic E-state index is 12.8. The third-order valence-electron chi connectivity index (χ3n) is 4.69. The molecule has 0 atom stereocenters. The summed E-state index contributed by atoms with van der Waals surface area (Å²) >= 11 is 0. The molecule has 3 nitrogen and oxygen atoms in total. The summed E-state index contributed by atoms with van der Waals surface area (Å²) in [6.45, 7) is 4.65. The molecule has 0 aliphatic heterocycles. The first kappa shape index (κ1) is 16.0. The van der Waals surface area contributed by atoms with Gasteiger partial charge in [-0.2, -0.15) is 0 Å². The lowest BCUT2D eigenvalue weighted by molar-refractivity contribution is -0.126. The predicted octanol–water partition coefficient (Wildman–Crippen LogP) is 3.66. The number of hydrogen-bond acceptors (Lipinski definition) is 2. The zero-order chi connectivity index (χ0) is 15.3. The summed E-state index contributed by atoms with van der Waals surface area (Å²) in [5, 5.41) is 3.11. The third kappa shape index (κ3) is 3.46. The molecule has 3 heteroatoms. The molecule has 1 aromatic carbocycles. The van der Waals surface area contributed by atoms with Gasteiger partial charge in [0, 0.05) is 12.2 Å². The van der Waals surface area contributed by atoms with E-state index in [-0.39, 0.29) is 5.91 Å². The fraction of sp³-hybridized carbons (Fsp3) is 0.611. The van der Waals surface area contributed by atoms with Gasteiger partial charge in [0.15, 0.2) is 0 Å². The molecular weight excluding hydrogens is 260 g/mol. The highest BCUT2D eigenvalue weighted by atomic mass is 16.2. The second-order valence-corrected chi connectivity index (χ2v) is 6.28. The van der Waals surface area contributed by atoms with E-state index in [2.05, 4.69) is 31.3 Å². The van der Waals surface area contributed by atoms with E-state index in [1.54, 1.807) is 0 Å². The molecule has 21 heavy (non-hydrogen) atoms. The van der Waals surface area contributed by atoms with Crippen LogP contribution in [0.1, 0.15) is 57.1 Å². The second kappa shape index (κ2) is 7.08. The summed E-state index contributed by atoms with van der Waals surface area (Å²) < 4.78 is 0. The Kier molecular flexibility index (Phi) is 5.40. The van der Waals surface area contributed by atoms with E-state index >= 15 is 0 Å². The van der Waals surface area contributed by atoms with Crippen LogP contribution in [-0.2, 0) is 17.6 Å². The fourth-order valence-corrected chi connectivity index (χ4v) is 3.52. The Morgan fingerprint density at radius 1 is 1.19 bits per heavy atom. The zero-order valence-corrected chi connectivity index (χ0v) is 13.4. The van der Waals surface area contributed by atoms with Crippen molar-refractivity contribution < 1.29 is 4.79 Å². The van der Waals surface area contributed by atoms with Gasteiger partial charge in [-0.25, -0.2) is 0 Å². The topological polar surface area (TPSA) is 55.1 Å². The molecule has 1 amide bonds. The van der Waals surface area contributed by atoms with Gasteiger partial charge in [0.25, 0.3) is 0 Å². The van der Waals surface area contributed by atoms with Crippen LogP contribution in [-0.4, -0.2) is 12.5 Å². The molecular formula is C18H28N2O. The lowest BCUT2D eigenvalue weighted by Gasteiger charge is -2.30. The van der Waals surface area contributed by atoms with Crippen LogP contribution in [0.25, 0.3) is 0 Å².